The maximum Gasteiger partial charge on any atom is 0.152 e. The Labute approximate surface area is 114 Å². The lowest BCUT2D eigenvalue weighted by molar-refractivity contribution is 0.597. The van der Waals surface area contributed by atoms with Gasteiger partial charge in [-0.15, -0.1) is 0 Å². The summed E-state index contributed by atoms with van der Waals surface area (Å²) in [6.45, 7) is 3.38. The van der Waals surface area contributed by atoms with Gasteiger partial charge in [-0.05, 0) is 38.1 Å². The molecular formula is C13H21N3O2S. The molecule has 0 radical (unpaired) electrons. The number of pyridine rings is 1. The van der Waals surface area contributed by atoms with Crippen molar-refractivity contribution < 1.29 is 8.42 Å². The zero-order chi connectivity index (χ0) is 13.9. The van der Waals surface area contributed by atoms with Gasteiger partial charge in [-0.1, -0.05) is 0 Å². The van der Waals surface area contributed by atoms with Gasteiger partial charge in [0.05, 0.1) is 11.5 Å². The highest BCUT2D eigenvalue weighted by atomic mass is 32.2. The standard InChI is InChI=1S/C13H21N3O2S/c1-11(14-2)12-4-5-15-13(10-12)16-6-3-8-19(17,18)9-7-16/h4-5,10-11,14H,3,6-9H2,1-2H3. The molecule has 1 fully saturated rings. The van der Waals surface area contributed by atoms with E-state index in [0.29, 0.717) is 13.0 Å². The molecule has 1 N–H and O–H groups in total. The minimum absolute atomic E-state index is 0.223. The van der Waals surface area contributed by atoms with Crippen LogP contribution in [0.5, 0.6) is 0 Å². The van der Waals surface area contributed by atoms with Crippen LogP contribution in [-0.4, -0.2) is 45.0 Å². The fraction of sp³-hybridized carbons (Fsp3) is 0.615. The second kappa shape index (κ2) is 5.88. The average Bonchev–Trinajstić information content (AvgIpc) is 2.59. The van der Waals surface area contributed by atoms with Gasteiger partial charge in [-0.3, -0.25) is 0 Å². The Bertz CT molecular complexity index is 530. The zero-order valence-electron chi connectivity index (χ0n) is 11.5. The molecule has 6 heteroatoms. The summed E-state index contributed by atoms with van der Waals surface area (Å²) in [5, 5.41) is 3.19. The lowest BCUT2D eigenvalue weighted by Crippen LogP contribution is -2.27. The van der Waals surface area contributed by atoms with E-state index in [4.69, 9.17) is 0 Å². The molecule has 0 saturated carbocycles. The third-order valence-electron chi connectivity index (χ3n) is 3.58. The van der Waals surface area contributed by atoms with Crippen molar-refractivity contribution in [2.75, 3.05) is 36.5 Å². The van der Waals surface area contributed by atoms with Crippen molar-refractivity contribution in [1.82, 2.24) is 10.3 Å². The number of anilines is 1. The predicted molar refractivity (Wildman–Crippen MR) is 77.2 cm³/mol. The van der Waals surface area contributed by atoms with Crippen molar-refractivity contribution in [1.29, 1.82) is 0 Å². The maximum atomic E-state index is 11.6. The molecule has 0 bridgehead atoms. The molecule has 1 unspecified atom stereocenters. The largest absolute Gasteiger partial charge is 0.356 e. The van der Waals surface area contributed by atoms with Crippen LogP contribution in [0, 0.1) is 0 Å². The van der Waals surface area contributed by atoms with Crippen LogP contribution in [0.3, 0.4) is 0 Å². The molecule has 0 aliphatic carbocycles. The summed E-state index contributed by atoms with van der Waals surface area (Å²) in [5.41, 5.74) is 1.17. The third kappa shape index (κ3) is 3.67. The summed E-state index contributed by atoms with van der Waals surface area (Å²) in [5.74, 6) is 1.38. The number of aromatic nitrogens is 1. The Kier molecular flexibility index (Phi) is 4.42. The van der Waals surface area contributed by atoms with E-state index in [2.05, 4.69) is 22.1 Å². The second-order valence-electron chi connectivity index (χ2n) is 4.95. The van der Waals surface area contributed by atoms with Crippen LogP contribution >= 0.6 is 0 Å². The number of hydrogen-bond donors (Lipinski definition) is 1. The van der Waals surface area contributed by atoms with Gasteiger partial charge in [-0.25, -0.2) is 13.4 Å². The summed E-state index contributed by atoms with van der Waals surface area (Å²) in [7, 11) is -0.953. The molecule has 1 aliphatic rings. The summed E-state index contributed by atoms with van der Waals surface area (Å²) >= 11 is 0. The van der Waals surface area contributed by atoms with Crippen LogP contribution in [0.4, 0.5) is 5.82 Å². The molecule has 106 valence electrons. The summed E-state index contributed by atoms with van der Waals surface area (Å²) in [6, 6.07) is 4.29. The Morgan fingerprint density at radius 1 is 1.37 bits per heavy atom. The molecule has 2 rings (SSSR count). The van der Waals surface area contributed by atoms with Crippen LogP contribution in [0.1, 0.15) is 24.9 Å². The van der Waals surface area contributed by atoms with E-state index < -0.39 is 9.84 Å². The number of rotatable bonds is 3. The van der Waals surface area contributed by atoms with Gasteiger partial charge < -0.3 is 10.2 Å². The van der Waals surface area contributed by atoms with Crippen molar-refractivity contribution >= 4 is 15.7 Å². The van der Waals surface area contributed by atoms with Gasteiger partial charge in [0.15, 0.2) is 9.84 Å². The van der Waals surface area contributed by atoms with Crippen molar-refractivity contribution in [3.63, 3.8) is 0 Å². The van der Waals surface area contributed by atoms with E-state index in [1.807, 2.05) is 19.2 Å². The molecule has 2 heterocycles. The lowest BCUT2D eigenvalue weighted by atomic mass is 10.1. The van der Waals surface area contributed by atoms with E-state index in [-0.39, 0.29) is 17.5 Å². The van der Waals surface area contributed by atoms with Crippen LogP contribution in [0.2, 0.25) is 0 Å². The highest BCUT2D eigenvalue weighted by Crippen LogP contribution is 2.19. The van der Waals surface area contributed by atoms with Crippen molar-refractivity contribution in [3.8, 4) is 0 Å². The number of nitrogens with one attached hydrogen (secondary N) is 1. The topological polar surface area (TPSA) is 62.3 Å². The van der Waals surface area contributed by atoms with Gasteiger partial charge in [-0.2, -0.15) is 0 Å². The van der Waals surface area contributed by atoms with Gasteiger partial charge in [0, 0.05) is 25.3 Å². The Balaban J connectivity index is 2.17. The molecule has 0 spiro atoms. The van der Waals surface area contributed by atoms with E-state index in [9.17, 15) is 8.42 Å². The second-order valence-corrected chi connectivity index (χ2v) is 7.25. The summed E-state index contributed by atoms with van der Waals surface area (Å²) in [4.78, 5) is 6.44. The lowest BCUT2D eigenvalue weighted by Gasteiger charge is -2.22. The number of sulfone groups is 1. The molecule has 1 aliphatic heterocycles. The molecule has 1 saturated heterocycles. The fourth-order valence-corrected chi connectivity index (χ4v) is 3.48. The molecule has 1 atom stereocenters. The van der Waals surface area contributed by atoms with Crippen LogP contribution in [0.15, 0.2) is 18.3 Å². The highest BCUT2D eigenvalue weighted by molar-refractivity contribution is 7.91. The highest BCUT2D eigenvalue weighted by Gasteiger charge is 2.20. The molecule has 0 amide bonds. The smallest absolute Gasteiger partial charge is 0.152 e. The van der Waals surface area contributed by atoms with E-state index in [1.165, 1.54) is 5.56 Å². The van der Waals surface area contributed by atoms with Crippen LogP contribution in [-0.2, 0) is 9.84 Å². The van der Waals surface area contributed by atoms with Gasteiger partial charge in [0.25, 0.3) is 0 Å². The average molecular weight is 283 g/mol. The van der Waals surface area contributed by atoms with E-state index >= 15 is 0 Å². The van der Waals surface area contributed by atoms with Gasteiger partial charge in [0.2, 0.25) is 0 Å². The molecule has 1 aromatic heterocycles. The van der Waals surface area contributed by atoms with Crippen LogP contribution < -0.4 is 10.2 Å². The molecular weight excluding hydrogens is 262 g/mol. The Morgan fingerprint density at radius 2 is 2.16 bits per heavy atom. The third-order valence-corrected chi connectivity index (χ3v) is 5.30. The molecule has 1 aromatic rings. The summed E-state index contributed by atoms with van der Waals surface area (Å²) in [6.07, 6.45) is 2.47. The normalized spacial score (nSPS) is 20.8. The first-order valence-corrected chi connectivity index (χ1v) is 8.42. The van der Waals surface area contributed by atoms with Crippen molar-refractivity contribution in [3.05, 3.63) is 23.9 Å². The van der Waals surface area contributed by atoms with Crippen molar-refractivity contribution in [2.24, 2.45) is 0 Å². The quantitative estimate of drug-likeness (QED) is 0.896. The Morgan fingerprint density at radius 3 is 2.89 bits per heavy atom. The van der Waals surface area contributed by atoms with Crippen LogP contribution in [0.25, 0.3) is 0 Å². The minimum Gasteiger partial charge on any atom is -0.356 e. The SMILES string of the molecule is CNC(C)c1ccnc(N2CCCS(=O)(=O)CC2)c1. The minimum atomic E-state index is -2.87. The van der Waals surface area contributed by atoms with Gasteiger partial charge >= 0.3 is 0 Å². The fourth-order valence-electron chi connectivity index (χ4n) is 2.21. The predicted octanol–water partition coefficient (Wildman–Crippen LogP) is 0.987. The zero-order valence-corrected chi connectivity index (χ0v) is 12.3. The number of nitrogens with zero attached hydrogens (tertiary/aromatic N) is 2. The maximum absolute atomic E-state index is 11.6. The van der Waals surface area contributed by atoms with E-state index in [1.54, 1.807) is 6.20 Å². The van der Waals surface area contributed by atoms with E-state index in [0.717, 1.165) is 12.4 Å². The summed E-state index contributed by atoms with van der Waals surface area (Å²) < 4.78 is 23.2. The van der Waals surface area contributed by atoms with Crippen molar-refractivity contribution in [2.45, 2.75) is 19.4 Å². The number of hydrogen-bond acceptors (Lipinski definition) is 5. The molecule has 5 nitrogen and oxygen atoms in total. The first-order chi connectivity index (χ1) is 9.02. The monoisotopic (exact) mass is 283 g/mol. The Hall–Kier alpha value is -1.14. The first-order valence-electron chi connectivity index (χ1n) is 6.60. The molecule has 19 heavy (non-hydrogen) atoms. The van der Waals surface area contributed by atoms with Gasteiger partial charge in [0.1, 0.15) is 5.82 Å². The first kappa shape index (κ1) is 14.3. The molecule has 0 aromatic carbocycles.